The summed E-state index contributed by atoms with van der Waals surface area (Å²) in [6, 6.07) is 4.35. The Morgan fingerprint density at radius 3 is 2.70 bits per heavy atom. The summed E-state index contributed by atoms with van der Waals surface area (Å²) in [7, 11) is 0. The highest BCUT2D eigenvalue weighted by atomic mass is 79.9. The van der Waals surface area contributed by atoms with Crippen LogP contribution in [0.15, 0.2) is 28.1 Å². The maximum absolute atomic E-state index is 13.4. The first-order valence-corrected chi connectivity index (χ1v) is 7.67. The number of aromatic nitrogens is 1. The smallest absolute Gasteiger partial charge is 0.258 e. The van der Waals surface area contributed by atoms with Crippen molar-refractivity contribution in [1.82, 2.24) is 4.98 Å². The first kappa shape index (κ1) is 15.1. The Labute approximate surface area is 129 Å². The number of hydrogen-bond donors (Lipinski definition) is 1. The second kappa shape index (κ2) is 5.61. The third-order valence-corrected chi connectivity index (χ3v) is 4.25. The van der Waals surface area contributed by atoms with Crippen LogP contribution in [0.4, 0.5) is 9.52 Å². The molecule has 3 nitrogen and oxygen atoms in total. The summed E-state index contributed by atoms with van der Waals surface area (Å²) >= 11 is 4.44. The summed E-state index contributed by atoms with van der Waals surface area (Å²) < 4.78 is 13.6. The van der Waals surface area contributed by atoms with Gasteiger partial charge in [-0.05, 0) is 28.1 Å². The number of benzene rings is 1. The van der Waals surface area contributed by atoms with Crippen LogP contribution in [0.25, 0.3) is 0 Å². The van der Waals surface area contributed by atoms with Gasteiger partial charge in [0.05, 0.1) is 15.7 Å². The third kappa shape index (κ3) is 3.24. The zero-order valence-corrected chi connectivity index (χ0v) is 13.7. The molecular weight excluding hydrogens is 343 g/mol. The molecule has 2 rings (SSSR count). The molecule has 0 bridgehead atoms. The fraction of sp³-hybridized carbons (Fsp3) is 0.286. The Hall–Kier alpha value is -1.27. The Bertz CT molecular complexity index is 649. The Morgan fingerprint density at radius 2 is 2.10 bits per heavy atom. The molecule has 0 radical (unpaired) electrons. The molecular formula is C14H14BrFN2OS. The van der Waals surface area contributed by atoms with Gasteiger partial charge < -0.3 is 0 Å². The molecule has 0 aliphatic heterocycles. The van der Waals surface area contributed by atoms with Crippen molar-refractivity contribution in [2.75, 3.05) is 5.32 Å². The van der Waals surface area contributed by atoms with Crippen LogP contribution in [0.3, 0.4) is 0 Å². The van der Waals surface area contributed by atoms with Gasteiger partial charge in [0, 0.05) is 10.8 Å². The number of nitrogens with one attached hydrogen (secondary N) is 1. The molecule has 1 aromatic carbocycles. The van der Waals surface area contributed by atoms with Gasteiger partial charge in [-0.15, -0.1) is 11.3 Å². The molecule has 0 aliphatic rings. The number of hydrogen-bond acceptors (Lipinski definition) is 3. The maximum atomic E-state index is 13.4. The summed E-state index contributed by atoms with van der Waals surface area (Å²) in [5.74, 6) is -0.849. The van der Waals surface area contributed by atoms with Gasteiger partial charge in [0.1, 0.15) is 5.82 Å². The van der Waals surface area contributed by atoms with Gasteiger partial charge in [-0.25, -0.2) is 9.37 Å². The third-order valence-electron chi connectivity index (χ3n) is 2.69. The van der Waals surface area contributed by atoms with Crippen molar-refractivity contribution in [2.24, 2.45) is 0 Å². The van der Waals surface area contributed by atoms with E-state index in [4.69, 9.17) is 0 Å². The van der Waals surface area contributed by atoms with Crippen molar-refractivity contribution >= 4 is 38.3 Å². The van der Waals surface area contributed by atoms with Gasteiger partial charge in [0.25, 0.3) is 5.91 Å². The standard InChI is InChI=1S/C14H14BrFN2OS/c1-14(2,3)10-7-20-13(17-10)18-12(19)8-5-4-6-9(16)11(8)15/h4-7H,1-3H3,(H,17,18,19). The van der Waals surface area contributed by atoms with Crippen LogP contribution in [0, 0.1) is 5.82 Å². The highest BCUT2D eigenvalue weighted by molar-refractivity contribution is 9.10. The lowest BCUT2D eigenvalue weighted by molar-refractivity contribution is 0.102. The molecule has 20 heavy (non-hydrogen) atoms. The van der Waals surface area contributed by atoms with Crippen LogP contribution in [0.2, 0.25) is 0 Å². The van der Waals surface area contributed by atoms with Crippen molar-refractivity contribution in [3.63, 3.8) is 0 Å². The summed E-state index contributed by atoms with van der Waals surface area (Å²) in [6.45, 7) is 6.16. The lowest BCUT2D eigenvalue weighted by Crippen LogP contribution is -2.15. The molecule has 2 aromatic rings. The van der Waals surface area contributed by atoms with Gasteiger partial charge >= 0.3 is 0 Å². The van der Waals surface area contributed by atoms with E-state index in [1.165, 1.54) is 23.5 Å². The van der Waals surface area contributed by atoms with Crippen LogP contribution in [0.1, 0.15) is 36.8 Å². The minimum Gasteiger partial charge on any atom is -0.298 e. The van der Waals surface area contributed by atoms with Crippen LogP contribution >= 0.6 is 27.3 Å². The van der Waals surface area contributed by atoms with Crippen LogP contribution in [-0.2, 0) is 5.41 Å². The Balaban J connectivity index is 2.20. The zero-order valence-electron chi connectivity index (χ0n) is 11.3. The zero-order chi connectivity index (χ0) is 14.9. The summed E-state index contributed by atoms with van der Waals surface area (Å²) in [4.78, 5) is 16.5. The van der Waals surface area contributed by atoms with Crippen molar-refractivity contribution in [3.05, 3.63) is 45.1 Å². The normalized spacial score (nSPS) is 11.4. The molecule has 0 unspecified atom stereocenters. The molecule has 106 valence electrons. The minimum absolute atomic E-state index is 0.0705. The van der Waals surface area contributed by atoms with Gasteiger partial charge in [-0.3, -0.25) is 10.1 Å². The second-order valence-corrected chi connectivity index (χ2v) is 6.99. The topological polar surface area (TPSA) is 42.0 Å². The first-order valence-electron chi connectivity index (χ1n) is 6.00. The van der Waals surface area contributed by atoms with Crippen molar-refractivity contribution < 1.29 is 9.18 Å². The quantitative estimate of drug-likeness (QED) is 0.854. The van der Waals surface area contributed by atoms with E-state index in [-0.39, 0.29) is 21.4 Å². The molecule has 1 amide bonds. The number of halogens is 2. The fourth-order valence-electron chi connectivity index (χ4n) is 1.52. The van der Waals surface area contributed by atoms with Gasteiger partial charge in [0.15, 0.2) is 5.13 Å². The lowest BCUT2D eigenvalue weighted by atomic mass is 9.93. The van der Waals surface area contributed by atoms with Crippen LogP contribution < -0.4 is 5.32 Å². The van der Waals surface area contributed by atoms with Crippen molar-refractivity contribution in [3.8, 4) is 0 Å². The molecule has 1 heterocycles. The second-order valence-electron chi connectivity index (χ2n) is 5.34. The highest BCUT2D eigenvalue weighted by Gasteiger charge is 2.19. The van der Waals surface area contributed by atoms with Crippen LogP contribution in [0.5, 0.6) is 0 Å². The number of thiazole rings is 1. The predicted molar refractivity (Wildman–Crippen MR) is 82.9 cm³/mol. The average Bonchev–Trinajstić information content (AvgIpc) is 2.81. The molecule has 0 atom stereocenters. The lowest BCUT2D eigenvalue weighted by Gasteiger charge is -2.14. The molecule has 0 fully saturated rings. The van der Waals surface area contributed by atoms with E-state index in [1.54, 1.807) is 6.07 Å². The molecule has 0 saturated carbocycles. The van der Waals surface area contributed by atoms with E-state index < -0.39 is 5.82 Å². The Kier molecular flexibility index (Phi) is 4.25. The minimum atomic E-state index is -0.466. The summed E-state index contributed by atoms with van der Waals surface area (Å²) in [5.41, 5.74) is 1.09. The highest BCUT2D eigenvalue weighted by Crippen LogP contribution is 2.27. The van der Waals surface area contributed by atoms with Gasteiger partial charge in [0.2, 0.25) is 0 Å². The Morgan fingerprint density at radius 1 is 1.40 bits per heavy atom. The van der Waals surface area contributed by atoms with E-state index in [0.717, 1.165) is 5.69 Å². The molecule has 6 heteroatoms. The van der Waals surface area contributed by atoms with Crippen molar-refractivity contribution in [1.29, 1.82) is 0 Å². The number of amides is 1. The number of anilines is 1. The molecule has 0 spiro atoms. The number of carbonyl (C=O) groups excluding carboxylic acids is 1. The largest absolute Gasteiger partial charge is 0.298 e. The summed E-state index contributed by atoms with van der Waals surface area (Å²) in [6.07, 6.45) is 0. The van der Waals surface area contributed by atoms with Gasteiger partial charge in [-0.2, -0.15) is 0 Å². The molecule has 0 aliphatic carbocycles. The van der Waals surface area contributed by atoms with E-state index in [9.17, 15) is 9.18 Å². The average molecular weight is 357 g/mol. The maximum Gasteiger partial charge on any atom is 0.258 e. The van der Waals surface area contributed by atoms with E-state index in [1.807, 2.05) is 5.38 Å². The molecule has 1 aromatic heterocycles. The number of carbonyl (C=O) groups is 1. The number of nitrogens with zero attached hydrogens (tertiary/aromatic N) is 1. The first-order chi connectivity index (χ1) is 9.29. The van der Waals surface area contributed by atoms with Crippen molar-refractivity contribution in [2.45, 2.75) is 26.2 Å². The fourth-order valence-corrected chi connectivity index (χ4v) is 2.90. The molecule has 0 saturated heterocycles. The number of rotatable bonds is 2. The van der Waals surface area contributed by atoms with Crippen LogP contribution in [-0.4, -0.2) is 10.9 Å². The summed E-state index contributed by atoms with van der Waals surface area (Å²) in [5, 5.41) is 5.11. The van der Waals surface area contributed by atoms with E-state index >= 15 is 0 Å². The predicted octanol–water partition coefficient (Wildman–Crippen LogP) is 4.59. The van der Waals surface area contributed by atoms with Gasteiger partial charge in [-0.1, -0.05) is 26.8 Å². The van der Waals surface area contributed by atoms with E-state index in [2.05, 4.69) is 47.0 Å². The monoisotopic (exact) mass is 356 g/mol. The SMILES string of the molecule is CC(C)(C)c1csc(NC(=O)c2cccc(F)c2Br)n1. The molecule has 1 N–H and O–H groups in total. The van der Waals surface area contributed by atoms with E-state index in [0.29, 0.717) is 5.13 Å².